The molecule has 3 aromatic rings. The van der Waals surface area contributed by atoms with Gasteiger partial charge in [0.15, 0.2) is 5.75 Å². The number of esters is 2. The van der Waals surface area contributed by atoms with Crippen LogP contribution >= 0.6 is 0 Å². The highest BCUT2D eigenvalue weighted by Gasteiger charge is 2.25. The molecule has 0 saturated heterocycles. The third-order valence-corrected chi connectivity index (χ3v) is 4.26. The lowest BCUT2D eigenvalue weighted by molar-refractivity contribution is -0.134. The van der Waals surface area contributed by atoms with Crippen LogP contribution in [0.3, 0.4) is 0 Å². The summed E-state index contributed by atoms with van der Waals surface area (Å²) in [6, 6.07) is 24.4. The van der Waals surface area contributed by atoms with Gasteiger partial charge in [0.05, 0.1) is 5.69 Å². The summed E-state index contributed by atoms with van der Waals surface area (Å²) in [7, 11) is 0. The summed E-state index contributed by atoms with van der Waals surface area (Å²) in [5.74, 6) is 0.0852. The predicted molar refractivity (Wildman–Crippen MR) is 102 cm³/mol. The van der Waals surface area contributed by atoms with Gasteiger partial charge in [-0.25, -0.2) is 9.59 Å². The van der Waals surface area contributed by atoms with Crippen molar-refractivity contribution < 1.29 is 19.1 Å². The Bertz CT molecular complexity index is 967. The Morgan fingerprint density at radius 3 is 2.33 bits per heavy atom. The van der Waals surface area contributed by atoms with E-state index in [1.54, 1.807) is 29.2 Å². The van der Waals surface area contributed by atoms with E-state index in [4.69, 9.17) is 9.47 Å². The van der Waals surface area contributed by atoms with Crippen molar-refractivity contribution >= 4 is 17.6 Å². The Morgan fingerprint density at radius 1 is 0.889 bits per heavy atom. The lowest BCUT2D eigenvalue weighted by atomic mass is 10.1. The van der Waals surface area contributed by atoms with Crippen molar-refractivity contribution in [2.45, 2.75) is 0 Å². The van der Waals surface area contributed by atoms with E-state index in [1.165, 1.54) is 0 Å². The zero-order valence-corrected chi connectivity index (χ0v) is 14.5. The van der Waals surface area contributed by atoms with Crippen LogP contribution in [0.25, 0.3) is 11.1 Å². The monoisotopic (exact) mass is 359 g/mol. The van der Waals surface area contributed by atoms with Gasteiger partial charge in [-0.05, 0) is 35.4 Å². The number of para-hydroxylation sites is 2. The summed E-state index contributed by atoms with van der Waals surface area (Å²) >= 11 is 0. The van der Waals surface area contributed by atoms with Crippen LogP contribution in [0.1, 0.15) is 0 Å². The normalized spacial score (nSPS) is 12.9. The van der Waals surface area contributed by atoms with Crippen LogP contribution in [0.15, 0.2) is 78.9 Å². The molecule has 0 amide bonds. The van der Waals surface area contributed by atoms with Crippen molar-refractivity contribution in [1.29, 1.82) is 0 Å². The largest absolute Gasteiger partial charge is 0.425 e. The fourth-order valence-corrected chi connectivity index (χ4v) is 3.01. The third kappa shape index (κ3) is 3.82. The number of rotatable bonds is 4. The zero-order chi connectivity index (χ0) is 18.6. The van der Waals surface area contributed by atoms with Gasteiger partial charge in [0, 0.05) is 0 Å². The lowest BCUT2D eigenvalue weighted by Crippen LogP contribution is -2.41. The maximum atomic E-state index is 12.3. The number of anilines is 1. The summed E-state index contributed by atoms with van der Waals surface area (Å²) in [5, 5.41) is 0. The molecule has 0 saturated carbocycles. The van der Waals surface area contributed by atoms with Gasteiger partial charge in [-0.15, -0.1) is 0 Å². The van der Waals surface area contributed by atoms with E-state index in [1.807, 2.05) is 54.6 Å². The molecule has 1 aliphatic rings. The Labute approximate surface area is 156 Å². The second-order valence-electron chi connectivity index (χ2n) is 6.16. The molecule has 0 atom stereocenters. The molecule has 0 unspecified atom stereocenters. The molecule has 5 nitrogen and oxygen atoms in total. The van der Waals surface area contributed by atoms with Gasteiger partial charge in [-0.2, -0.15) is 0 Å². The topological polar surface area (TPSA) is 55.8 Å². The molecule has 0 radical (unpaired) electrons. The van der Waals surface area contributed by atoms with Crippen LogP contribution in [0.5, 0.6) is 11.5 Å². The molecule has 1 aliphatic heterocycles. The Morgan fingerprint density at radius 2 is 1.56 bits per heavy atom. The summed E-state index contributed by atoms with van der Waals surface area (Å²) in [5.41, 5.74) is 2.84. The number of nitrogens with zero attached hydrogens (tertiary/aromatic N) is 1. The van der Waals surface area contributed by atoms with Gasteiger partial charge in [0.25, 0.3) is 0 Å². The predicted octanol–water partition coefficient (Wildman–Crippen LogP) is 3.68. The van der Waals surface area contributed by atoms with Crippen molar-refractivity contribution in [1.82, 2.24) is 0 Å². The van der Waals surface area contributed by atoms with E-state index in [-0.39, 0.29) is 13.1 Å². The highest BCUT2D eigenvalue weighted by molar-refractivity contribution is 5.88. The second kappa shape index (κ2) is 7.33. The second-order valence-corrected chi connectivity index (χ2v) is 6.16. The minimum atomic E-state index is -0.438. The maximum Gasteiger partial charge on any atom is 0.331 e. The quantitative estimate of drug-likeness (QED) is 0.525. The fraction of sp³-hybridized carbons (Fsp3) is 0.0909. The molecule has 4 rings (SSSR count). The number of ether oxygens (including phenoxy) is 2. The van der Waals surface area contributed by atoms with Crippen LogP contribution in [-0.2, 0) is 9.59 Å². The van der Waals surface area contributed by atoms with E-state index >= 15 is 0 Å². The highest BCUT2D eigenvalue weighted by atomic mass is 16.5. The Kier molecular flexibility index (Phi) is 4.58. The molecule has 0 aliphatic carbocycles. The minimum absolute atomic E-state index is 0.0130. The van der Waals surface area contributed by atoms with E-state index < -0.39 is 11.9 Å². The van der Waals surface area contributed by atoms with Crippen LogP contribution in [0.4, 0.5) is 5.69 Å². The van der Waals surface area contributed by atoms with Crippen LogP contribution in [0, 0.1) is 0 Å². The number of benzene rings is 3. The van der Waals surface area contributed by atoms with Crippen LogP contribution in [0.2, 0.25) is 0 Å². The van der Waals surface area contributed by atoms with Gasteiger partial charge in [-0.3, -0.25) is 0 Å². The van der Waals surface area contributed by atoms with Gasteiger partial charge in [0.2, 0.25) is 0 Å². The molecule has 3 aromatic carbocycles. The molecule has 5 heteroatoms. The molecule has 0 bridgehead atoms. The van der Waals surface area contributed by atoms with Gasteiger partial charge in [-0.1, -0.05) is 54.6 Å². The van der Waals surface area contributed by atoms with Gasteiger partial charge < -0.3 is 14.4 Å². The third-order valence-electron chi connectivity index (χ3n) is 4.26. The summed E-state index contributed by atoms with van der Waals surface area (Å²) in [6.07, 6.45) is 0. The first kappa shape index (κ1) is 16.8. The number of hydrogen-bond donors (Lipinski definition) is 0. The van der Waals surface area contributed by atoms with E-state index in [0.29, 0.717) is 17.2 Å². The molecule has 0 spiro atoms. The van der Waals surface area contributed by atoms with Crippen molar-refractivity contribution in [2.24, 2.45) is 0 Å². The number of hydrogen-bond acceptors (Lipinski definition) is 5. The minimum Gasteiger partial charge on any atom is -0.425 e. The first-order chi connectivity index (χ1) is 13.2. The van der Waals surface area contributed by atoms with Gasteiger partial charge in [0.1, 0.15) is 18.8 Å². The smallest absolute Gasteiger partial charge is 0.331 e. The molecule has 1 heterocycles. The van der Waals surface area contributed by atoms with Crippen molar-refractivity contribution in [3.8, 4) is 22.6 Å². The molecule has 0 fully saturated rings. The van der Waals surface area contributed by atoms with E-state index in [2.05, 4.69) is 0 Å². The van der Waals surface area contributed by atoms with Crippen molar-refractivity contribution in [3.05, 3.63) is 78.9 Å². The maximum absolute atomic E-state index is 12.3. The molecule has 0 N–H and O–H groups in total. The summed E-state index contributed by atoms with van der Waals surface area (Å²) < 4.78 is 10.6. The summed E-state index contributed by atoms with van der Waals surface area (Å²) in [4.78, 5) is 25.7. The van der Waals surface area contributed by atoms with Gasteiger partial charge >= 0.3 is 11.9 Å². The SMILES string of the molecule is O=C(CN1CC(=O)Oc2ccccc21)Oc1ccc(-c2ccccc2)cc1. The number of carbonyl (C=O) groups excluding carboxylic acids is 2. The van der Waals surface area contributed by atoms with Crippen LogP contribution in [-0.4, -0.2) is 25.0 Å². The Hall–Kier alpha value is -3.60. The molecule has 0 aromatic heterocycles. The molecule has 134 valence electrons. The molecule has 27 heavy (non-hydrogen) atoms. The van der Waals surface area contributed by atoms with E-state index in [9.17, 15) is 9.59 Å². The average molecular weight is 359 g/mol. The van der Waals surface area contributed by atoms with Crippen molar-refractivity contribution in [2.75, 3.05) is 18.0 Å². The van der Waals surface area contributed by atoms with E-state index in [0.717, 1.165) is 11.1 Å². The average Bonchev–Trinajstić information content (AvgIpc) is 2.69. The lowest BCUT2D eigenvalue weighted by Gasteiger charge is -2.28. The van der Waals surface area contributed by atoms with Crippen LogP contribution < -0.4 is 14.4 Å². The number of carbonyl (C=O) groups is 2. The first-order valence-electron chi connectivity index (χ1n) is 8.60. The number of fused-ring (bicyclic) bond motifs is 1. The fourth-order valence-electron chi connectivity index (χ4n) is 3.01. The zero-order valence-electron chi connectivity index (χ0n) is 14.5. The molecular formula is C22H17NO4. The van der Waals surface area contributed by atoms with Crippen molar-refractivity contribution in [3.63, 3.8) is 0 Å². The first-order valence-corrected chi connectivity index (χ1v) is 8.60. The highest BCUT2D eigenvalue weighted by Crippen LogP contribution is 2.31. The standard InChI is InChI=1S/C22H17NO4/c24-21(14-23-15-22(25)27-20-9-5-4-8-19(20)23)26-18-12-10-17(11-13-18)16-6-2-1-3-7-16/h1-13H,14-15H2. The Balaban J connectivity index is 1.43. The molecular weight excluding hydrogens is 342 g/mol. The summed E-state index contributed by atoms with van der Waals surface area (Å²) in [6.45, 7) is -0.0222.